The number of aryl methyl sites for hydroxylation is 1. The van der Waals surface area contributed by atoms with E-state index in [1.165, 1.54) is 24.7 Å². The van der Waals surface area contributed by atoms with E-state index in [0.29, 0.717) is 11.7 Å². The van der Waals surface area contributed by atoms with E-state index in [0.717, 1.165) is 17.7 Å². The molecule has 4 nitrogen and oxygen atoms in total. The fourth-order valence-corrected chi connectivity index (χ4v) is 2.23. The Bertz CT molecular complexity index is 579. The van der Waals surface area contributed by atoms with Gasteiger partial charge in [-0.1, -0.05) is 39.3 Å². The van der Waals surface area contributed by atoms with E-state index in [1.807, 2.05) is 12.1 Å². The first-order valence-electron chi connectivity index (χ1n) is 7.49. The van der Waals surface area contributed by atoms with Crippen molar-refractivity contribution in [3.05, 3.63) is 41.7 Å². The fraction of sp³-hybridized carbons (Fsp3) is 0.412. The molecule has 1 aromatic heterocycles. The predicted octanol–water partition coefficient (Wildman–Crippen LogP) is 4.32. The Morgan fingerprint density at radius 2 is 1.86 bits per heavy atom. The molecular weight excluding hydrogens is 262 g/mol. The zero-order valence-electron chi connectivity index (χ0n) is 13.0. The minimum Gasteiger partial charge on any atom is -0.439 e. The normalized spacial score (nSPS) is 10.9. The van der Waals surface area contributed by atoms with Crippen LogP contribution >= 0.6 is 0 Å². The molecule has 2 N–H and O–H groups in total. The Kier molecular flexibility index (Phi) is 5.14. The topological polar surface area (TPSA) is 61.0 Å². The van der Waals surface area contributed by atoms with Gasteiger partial charge in [-0.3, -0.25) is 0 Å². The number of hydrogen-bond acceptors (Lipinski definition) is 4. The summed E-state index contributed by atoms with van der Waals surface area (Å²) < 4.78 is 5.88. The van der Waals surface area contributed by atoms with Crippen molar-refractivity contribution >= 4 is 5.82 Å². The molecule has 0 radical (unpaired) electrons. The summed E-state index contributed by atoms with van der Waals surface area (Å²) in [5.41, 5.74) is 8.11. The number of unbranched alkanes of at least 4 members (excludes halogenated alkanes) is 1. The van der Waals surface area contributed by atoms with Gasteiger partial charge in [0.25, 0.3) is 0 Å². The first-order valence-corrected chi connectivity index (χ1v) is 7.49. The zero-order valence-corrected chi connectivity index (χ0v) is 13.0. The van der Waals surface area contributed by atoms with E-state index < -0.39 is 0 Å². The molecule has 0 unspecified atom stereocenters. The maximum absolute atomic E-state index is 5.92. The van der Waals surface area contributed by atoms with Crippen LogP contribution in [0.4, 0.5) is 5.82 Å². The molecule has 0 saturated heterocycles. The molecule has 0 atom stereocenters. The van der Waals surface area contributed by atoms with Crippen LogP contribution in [-0.4, -0.2) is 9.97 Å². The Morgan fingerprint density at radius 3 is 2.48 bits per heavy atom. The minimum absolute atomic E-state index is 0.213. The quantitative estimate of drug-likeness (QED) is 0.858. The zero-order chi connectivity index (χ0) is 15.2. The molecule has 0 bridgehead atoms. The Morgan fingerprint density at radius 1 is 1.14 bits per heavy atom. The first kappa shape index (κ1) is 15.3. The minimum atomic E-state index is 0.213. The molecule has 0 saturated carbocycles. The van der Waals surface area contributed by atoms with E-state index in [-0.39, 0.29) is 5.92 Å². The van der Waals surface area contributed by atoms with Crippen molar-refractivity contribution in [1.82, 2.24) is 9.97 Å². The van der Waals surface area contributed by atoms with Gasteiger partial charge < -0.3 is 10.5 Å². The molecule has 21 heavy (non-hydrogen) atoms. The van der Waals surface area contributed by atoms with E-state index in [9.17, 15) is 0 Å². The van der Waals surface area contributed by atoms with Crippen LogP contribution in [-0.2, 0) is 6.42 Å². The molecule has 0 fully saturated rings. The summed E-state index contributed by atoms with van der Waals surface area (Å²) in [4.78, 5) is 8.25. The van der Waals surface area contributed by atoms with Crippen molar-refractivity contribution in [3.63, 3.8) is 0 Å². The molecule has 4 heteroatoms. The molecule has 2 rings (SSSR count). The van der Waals surface area contributed by atoms with Crippen LogP contribution in [0.2, 0.25) is 0 Å². The van der Waals surface area contributed by atoms with Crippen LogP contribution in [0.3, 0.4) is 0 Å². The highest BCUT2D eigenvalue weighted by Gasteiger charge is 2.14. The fourth-order valence-electron chi connectivity index (χ4n) is 2.23. The molecule has 0 amide bonds. The number of hydrogen-bond donors (Lipinski definition) is 1. The van der Waals surface area contributed by atoms with Crippen LogP contribution < -0.4 is 10.5 Å². The smallest absolute Gasteiger partial charge is 0.227 e. The highest BCUT2D eigenvalue weighted by atomic mass is 16.5. The summed E-state index contributed by atoms with van der Waals surface area (Å²) in [6.45, 7) is 6.30. The molecule has 112 valence electrons. The van der Waals surface area contributed by atoms with Gasteiger partial charge in [-0.25, -0.2) is 9.97 Å². The number of aromatic nitrogens is 2. The van der Waals surface area contributed by atoms with Crippen LogP contribution in [0.25, 0.3) is 0 Å². The van der Waals surface area contributed by atoms with E-state index in [1.54, 1.807) is 0 Å². The second-order valence-electron chi connectivity index (χ2n) is 5.48. The van der Waals surface area contributed by atoms with Gasteiger partial charge in [0.05, 0.1) is 5.56 Å². The molecule has 0 aliphatic carbocycles. The Balaban J connectivity index is 2.17. The summed E-state index contributed by atoms with van der Waals surface area (Å²) in [6, 6.07) is 8.16. The van der Waals surface area contributed by atoms with Gasteiger partial charge in [-0.05, 0) is 36.5 Å². The molecular formula is C17H23N3O. The van der Waals surface area contributed by atoms with Gasteiger partial charge >= 0.3 is 0 Å². The highest BCUT2D eigenvalue weighted by Crippen LogP contribution is 2.31. The lowest BCUT2D eigenvalue weighted by Crippen LogP contribution is -2.04. The second kappa shape index (κ2) is 7.07. The molecule has 0 spiro atoms. The maximum Gasteiger partial charge on any atom is 0.227 e. The van der Waals surface area contributed by atoms with Gasteiger partial charge in [0.2, 0.25) is 5.88 Å². The maximum atomic E-state index is 5.92. The largest absolute Gasteiger partial charge is 0.439 e. The number of nitrogens with zero attached hydrogens (tertiary/aromatic N) is 2. The third kappa shape index (κ3) is 3.94. The van der Waals surface area contributed by atoms with Crippen molar-refractivity contribution in [2.45, 2.75) is 46.0 Å². The number of anilines is 1. The average molecular weight is 285 g/mol. The van der Waals surface area contributed by atoms with Crippen molar-refractivity contribution in [2.75, 3.05) is 5.73 Å². The molecule has 0 aliphatic heterocycles. The number of nitrogens with two attached hydrogens (primary N) is 1. The molecule has 0 aliphatic rings. The van der Waals surface area contributed by atoms with Gasteiger partial charge in [0.1, 0.15) is 17.9 Å². The standard InChI is InChI=1S/C17H23N3O/c1-4-5-6-13-7-9-14(10-8-13)21-17-15(12(2)3)16(18)19-11-20-17/h7-12H,4-6H2,1-3H3,(H2,18,19,20). The van der Waals surface area contributed by atoms with Crippen molar-refractivity contribution in [1.29, 1.82) is 0 Å². The van der Waals surface area contributed by atoms with Crippen molar-refractivity contribution < 1.29 is 4.74 Å². The van der Waals surface area contributed by atoms with Crippen molar-refractivity contribution in [3.8, 4) is 11.6 Å². The van der Waals surface area contributed by atoms with Crippen LogP contribution in [0, 0.1) is 0 Å². The third-order valence-corrected chi connectivity index (χ3v) is 3.41. The molecule has 1 heterocycles. The summed E-state index contributed by atoms with van der Waals surface area (Å²) >= 11 is 0. The summed E-state index contributed by atoms with van der Waals surface area (Å²) in [5.74, 6) is 2.01. The molecule has 2 aromatic rings. The SMILES string of the molecule is CCCCc1ccc(Oc2ncnc(N)c2C(C)C)cc1. The van der Waals surface area contributed by atoms with Crippen LogP contribution in [0.5, 0.6) is 11.6 Å². The Hall–Kier alpha value is -2.10. The Labute approximate surface area is 126 Å². The van der Waals surface area contributed by atoms with E-state index in [4.69, 9.17) is 10.5 Å². The average Bonchev–Trinajstić information content (AvgIpc) is 2.46. The van der Waals surface area contributed by atoms with Crippen molar-refractivity contribution in [2.24, 2.45) is 0 Å². The van der Waals surface area contributed by atoms with E-state index >= 15 is 0 Å². The predicted molar refractivity (Wildman–Crippen MR) is 85.7 cm³/mol. The number of rotatable bonds is 6. The third-order valence-electron chi connectivity index (χ3n) is 3.41. The van der Waals surface area contributed by atoms with Gasteiger partial charge in [-0.2, -0.15) is 0 Å². The lowest BCUT2D eigenvalue weighted by atomic mass is 10.1. The lowest BCUT2D eigenvalue weighted by Gasteiger charge is -2.14. The lowest BCUT2D eigenvalue weighted by molar-refractivity contribution is 0.452. The van der Waals surface area contributed by atoms with Gasteiger partial charge in [0.15, 0.2) is 0 Å². The summed E-state index contributed by atoms with van der Waals surface area (Å²) in [7, 11) is 0. The first-order chi connectivity index (χ1) is 10.1. The van der Waals surface area contributed by atoms with E-state index in [2.05, 4.69) is 42.9 Å². The van der Waals surface area contributed by atoms with Crippen LogP contribution in [0.1, 0.15) is 50.7 Å². The second-order valence-corrected chi connectivity index (χ2v) is 5.48. The van der Waals surface area contributed by atoms with Gasteiger partial charge in [-0.15, -0.1) is 0 Å². The number of nitrogen functional groups attached to an aromatic ring is 1. The monoisotopic (exact) mass is 285 g/mol. The van der Waals surface area contributed by atoms with Crippen LogP contribution in [0.15, 0.2) is 30.6 Å². The van der Waals surface area contributed by atoms with Gasteiger partial charge in [0, 0.05) is 0 Å². The highest BCUT2D eigenvalue weighted by molar-refractivity contribution is 5.48. The number of benzene rings is 1. The summed E-state index contributed by atoms with van der Waals surface area (Å²) in [6.07, 6.45) is 4.96. The summed E-state index contributed by atoms with van der Waals surface area (Å²) in [5, 5.41) is 0. The molecule has 1 aromatic carbocycles. The number of ether oxygens (including phenoxy) is 1.